The van der Waals surface area contributed by atoms with Crippen LogP contribution in [0, 0.1) is 0 Å². The van der Waals surface area contributed by atoms with Crippen LogP contribution in [0.1, 0.15) is 28.4 Å². The number of hydrogen-bond donors (Lipinski definition) is 1. The predicted octanol–water partition coefficient (Wildman–Crippen LogP) is 3.10. The van der Waals surface area contributed by atoms with E-state index in [4.69, 9.17) is 4.74 Å². The van der Waals surface area contributed by atoms with Crippen LogP contribution in [0.25, 0.3) is 0 Å². The van der Waals surface area contributed by atoms with E-state index in [0.29, 0.717) is 17.7 Å². The Labute approximate surface area is 105 Å². The van der Waals surface area contributed by atoms with Gasteiger partial charge in [-0.25, -0.2) is 0 Å². The lowest BCUT2D eigenvalue weighted by molar-refractivity contribution is 0.0849. The number of aromatic hydroxyl groups is 1. The molecule has 2 aromatic carbocycles. The Morgan fingerprint density at radius 2 is 1.94 bits per heavy atom. The summed E-state index contributed by atoms with van der Waals surface area (Å²) in [5, 5.41) is 9.46. The molecule has 0 amide bonds. The Morgan fingerprint density at radius 3 is 2.78 bits per heavy atom. The van der Waals surface area contributed by atoms with Crippen LogP contribution < -0.4 is 4.74 Å². The van der Waals surface area contributed by atoms with E-state index < -0.39 is 0 Å². The highest BCUT2D eigenvalue weighted by Crippen LogP contribution is 2.35. The molecule has 3 nitrogen and oxygen atoms in total. The van der Waals surface area contributed by atoms with E-state index in [1.54, 1.807) is 30.3 Å². The van der Waals surface area contributed by atoms with Crippen LogP contribution in [0.5, 0.6) is 11.5 Å². The molecule has 1 aliphatic rings. The summed E-state index contributed by atoms with van der Waals surface area (Å²) in [7, 11) is 0. The molecule has 0 bridgehead atoms. The van der Waals surface area contributed by atoms with E-state index in [9.17, 15) is 9.90 Å². The lowest BCUT2D eigenvalue weighted by Crippen LogP contribution is -2.20. The number of phenols is 1. The predicted molar refractivity (Wildman–Crippen MR) is 66.9 cm³/mol. The highest BCUT2D eigenvalue weighted by molar-refractivity contribution is 5.99. The van der Waals surface area contributed by atoms with Crippen LogP contribution in [0.2, 0.25) is 0 Å². The Morgan fingerprint density at radius 1 is 1.11 bits per heavy atom. The molecule has 0 saturated heterocycles. The van der Waals surface area contributed by atoms with Gasteiger partial charge in [0.1, 0.15) is 17.6 Å². The molecule has 0 saturated carbocycles. The summed E-state index contributed by atoms with van der Waals surface area (Å²) >= 11 is 0. The SMILES string of the molecule is O=C1C[C@@H](c2cccc(O)c2)Oc2ccccc21. The molecule has 0 radical (unpaired) electrons. The maximum absolute atomic E-state index is 12.0. The zero-order chi connectivity index (χ0) is 12.5. The number of carbonyl (C=O) groups is 1. The average Bonchev–Trinajstić information content (AvgIpc) is 2.39. The first kappa shape index (κ1) is 10.8. The lowest BCUT2D eigenvalue weighted by Gasteiger charge is -2.25. The van der Waals surface area contributed by atoms with Crippen LogP contribution in [0.3, 0.4) is 0 Å². The van der Waals surface area contributed by atoms with Gasteiger partial charge in [0.15, 0.2) is 5.78 Å². The van der Waals surface area contributed by atoms with Gasteiger partial charge >= 0.3 is 0 Å². The fraction of sp³-hybridized carbons (Fsp3) is 0.133. The topological polar surface area (TPSA) is 46.5 Å². The fourth-order valence-corrected chi connectivity index (χ4v) is 2.18. The summed E-state index contributed by atoms with van der Waals surface area (Å²) < 4.78 is 5.81. The first-order valence-corrected chi connectivity index (χ1v) is 5.82. The van der Waals surface area contributed by atoms with E-state index in [1.807, 2.05) is 18.2 Å². The first-order chi connectivity index (χ1) is 8.74. The number of rotatable bonds is 1. The molecule has 3 rings (SSSR count). The number of hydrogen-bond acceptors (Lipinski definition) is 3. The molecule has 90 valence electrons. The van der Waals surface area contributed by atoms with E-state index in [2.05, 4.69) is 0 Å². The van der Waals surface area contributed by atoms with Crippen molar-refractivity contribution in [1.29, 1.82) is 0 Å². The van der Waals surface area contributed by atoms with Gasteiger partial charge in [-0.05, 0) is 29.8 Å². The van der Waals surface area contributed by atoms with Gasteiger partial charge in [-0.1, -0.05) is 24.3 Å². The van der Waals surface area contributed by atoms with Crippen molar-refractivity contribution >= 4 is 5.78 Å². The van der Waals surface area contributed by atoms with Gasteiger partial charge in [0.25, 0.3) is 0 Å². The molecular formula is C15H12O3. The van der Waals surface area contributed by atoms with Gasteiger partial charge in [-0.3, -0.25) is 4.79 Å². The molecule has 3 heteroatoms. The molecule has 0 fully saturated rings. The normalized spacial score (nSPS) is 18.0. The summed E-state index contributed by atoms with van der Waals surface area (Å²) in [5.74, 6) is 0.870. The van der Waals surface area contributed by atoms with Crippen molar-refractivity contribution in [2.45, 2.75) is 12.5 Å². The molecule has 0 unspecified atom stereocenters. The van der Waals surface area contributed by atoms with Crippen molar-refractivity contribution in [2.75, 3.05) is 0 Å². The molecule has 0 spiro atoms. The highest BCUT2D eigenvalue weighted by atomic mass is 16.5. The van der Waals surface area contributed by atoms with Gasteiger partial charge in [0.2, 0.25) is 0 Å². The fourth-order valence-electron chi connectivity index (χ4n) is 2.18. The summed E-state index contributed by atoms with van der Waals surface area (Å²) in [6.45, 7) is 0. The standard InChI is InChI=1S/C15H12O3/c16-11-5-3-4-10(8-11)15-9-13(17)12-6-1-2-7-14(12)18-15/h1-8,15-16H,9H2/t15-/m0/s1. The Bertz CT molecular complexity index is 604. The zero-order valence-corrected chi connectivity index (χ0v) is 9.67. The Balaban J connectivity index is 1.97. The van der Waals surface area contributed by atoms with Crippen molar-refractivity contribution in [3.8, 4) is 11.5 Å². The molecule has 2 aromatic rings. The summed E-state index contributed by atoms with van der Waals surface area (Å²) in [6.07, 6.45) is -0.0139. The molecule has 0 aromatic heterocycles. The number of carbonyl (C=O) groups excluding carboxylic acids is 1. The Kier molecular flexibility index (Phi) is 2.52. The minimum atomic E-state index is -0.320. The number of ketones is 1. The zero-order valence-electron chi connectivity index (χ0n) is 9.67. The van der Waals surface area contributed by atoms with Crippen LogP contribution in [0.4, 0.5) is 0 Å². The maximum atomic E-state index is 12.0. The molecule has 18 heavy (non-hydrogen) atoms. The smallest absolute Gasteiger partial charge is 0.170 e. The largest absolute Gasteiger partial charge is 0.508 e. The van der Waals surface area contributed by atoms with Gasteiger partial charge in [0, 0.05) is 0 Å². The third kappa shape index (κ3) is 1.84. The minimum absolute atomic E-state index is 0.0743. The summed E-state index contributed by atoms with van der Waals surface area (Å²) in [6, 6.07) is 14.1. The van der Waals surface area contributed by atoms with Gasteiger partial charge in [0.05, 0.1) is 12.0 Å². The third-order valence-electron chi connectivity index (χ3n) is 3.07. The van der Waals surface area contributed by atoms with Crippen molar-refractivity contribution in [2.24, 2.45) is 0 Å². The minimum Gasteiger partial charge on any atom is -0.508 e. The molecule has 1 aliphatic heterocycles. The number of fused-ring (bicyclic) bond motifs is 1. The van der Waals surface area contributed by atoms with Crippen molar-refractivity contribution in [1.82, 2.24) is 0 Å². The lowest BCUT2D eigenvalue weighted by atomic mass is 9.96. The number of Topliss-reactive ketones (excluding diaryl/α,β-unsaturated/α-hetero) is 1. The number of ether oxygens (including phenoxy) is 1. The molecular weight excluding hydrogens is 228 g/mol. The van der Waals surface area contributed by atoms with Gasteiger partial charge < -0.3 is 9.84 Å². The number of benzene rings is 2. The molecule has 0 aliphatic carbocycles. The third-order valence-corrected chi connectivity index (χ3v) is 3.07. The van der Waals surface area contributed by atoms with Crippen molar-refractivity contribution < 1.29 is 14.6 Å². The second-order valence-electron chi connectivity index (χ2n) is 4.32. The quantitative estimate of drug-likeness (QED) is 0.833. The second kappa shape index (κ2) is 4.18. The van der Waals surface area contributed by atoms with Gasteiger partial charge in [-0.15, -0.1) is 0 Å². The highest BCUT2D eigenvalue weighted by Gasteiger charge is 2.27. The summed E-state index contributed by atoms with van der Waals surface area (Å²) in [4.78, 5) is 12.0. The number of phenolic OH excluding ortho intramolecular Hbond substituents is 1. The van der Waals surface area contributed by atoms with E-state index in [0.717, 1.165) is 5.56 Å². The van der Waals surface area contributed by atoms with E-state index >= 15 is 0 Å². The maximum Gasteiger partial charge on any atom is 0.170 e. The number of para-hydroxylation sites is 1. The van der Waals surface area contributed by atoms with Crippen molar-refractivity contribution in [3.63, 3.8) is 0 Å². The molecule has 1 atom stereocenters. The average molecular weight is 240 g/mol. The molecule has 1 heterocycles. The summed E-state index contributed by atoms with van der Waals surface area (Å²) in [5.41, 5.74) is 1.45. The van der Waals surface area contributed by atoms with Crippen LogP contribution >= 0.6 is 0 Å². The van der Waals surface area contributed by atoms with E-state index in [-0.39, 0.29) is 17.6 Å². The van der Waals surface area contributed by atoms with Crippen LogP contribution in [0.15, 0.2) is 48.5 Å². The first-order valence-electron chi connectivity index (χ1n) is 5.82. The van der Waals surface area contributed by atoms with Crippen LogP contribution in [-0.4, -0.2) is 10.9 Å². The van der Waals surface area contributed by atoms with Crippen LogP contribution in [-0.2, 0) is 0 Å². The van der Waals surface area contributed by atoms with Gasteiger partial charge in [-0.2, -0.15) is 0 Å². The van der Waals surface area contributed by atoms with E-state index in [1.165, 1.54) is 0 Å². The monoisotopic (exact) mass is 240 g/mol. The molecule has 1 N–H and O–H groups in total. The van der Waals surface area contributed by atoms with Crippen molar-refractivity contribution in [3.05, 3.63) is 59.7 Å². The Hall–Kier alpha value is -2.29. The second-order valence-corrected chi connectivity index (χ2v) is 4.32.